The summed E-state index contributed by atoms with van der Waals surface area (Å²) >= 11 is 0. The molecule has 4 aromatic rings. The van der Waals surface area contributed by atoms with Gasteiger partial charge in [0.05, 0.1) is 25.1 Å². The highest BCUT2D eigenvalue weighted by atomic mass is 16.5. The van der Waals surface area contributed by atoms with Gasteiger partial charge in [-0.25, -0.2) is 9.78 Å². The molecule has 31 heavy (non-hydrogen) atoms. The quantitative estimate of drug-likeness (QED) is 0.296. The molecule has 7 nitrogen and oxygen atoms in total. The molecule has 0 bridgehead atoms. The van der Waals surface area contributed by atoms with E-state index in [4.69, 9.17) is 13.9 Å². The van der Waals surface area contributed by atoms with E-state index in [9.17, 15) is 9.59 Å². The second-order valence-corrected chi connectivity index (χ2v) is 6.87. The number of amides is 1. The van der Waals surface area contributed by atoms with E-state index < -0.39 is 5.63 Å². The Kier molecular flexibility index (Phi) is 5.41. The van der Waals surface area contributed by atoms with E-state index in [0.29, 0.717) is 44.8 Å². The second kappa shape index (κ2) is 8.31. The van der Waals surface area contributed by atoms with Crippen molar-refractivity contribution in [2.45, 2.75) is 6.92 Å². The molecule has 0 saturated heterocycles. The number of rotatable bonds is 5. The molecular weight excluding hydrogens is 396 g/mol. The minimum absolute atomic E-state index is 0.350. The van der Waals surface area contributed by atoms with E-state index in [1.54, 1.807) is 57.6 Å². The lowest BCUT2D eigenvalue weighted by Crippen LogP contribution is -2.11. The molecule has 0 aliphatic carbocycles. The highest BCUT2D eigenvalue weighted by Crippen LogP contribution is 2.28. The zero-order valence-corrected chi connectivity index (χ0v) is 17.3. The largest absolute Gasteiger partial charge is 0.493 e. The summed E-state index contributed by atoms with van der Waals surface area (Å²) in [7, 11) is 3.11. The standard InChI is InChI=1S/C24H20N2O5/c1-14-12-20(26-23-16-6-4-5-7-17(16)31-24(28)22(14)23)25-21(27)11-9-15-8-10-18(29-2)19(13-15)30-3/h4-13H,1-3H3,(H,25,26,27)/b11-9-. The normalized spacial score (nSPS) is 11.2. The monoisotopic (exact) mass is 416 g/mol. The number of aryl methyl sites for hydroxylation is 1. The van der Waals surface area contributed by atoms with Gasteiger partial charge >= 0.3 is 5.63 Å². The van der Waals surface area contributed by atoms with Gasteiger partial charge in [-0.3, -0.25) is 4.79 Å². The van der Waals surface area contributed by atoms with Crippen LogP contribution in [0.25, 0.3) is 27.9 Å². The lowest BCUT2D eigenvalue weighted by atomic mass is 10.1. The van der Waals surface area contributed by atoms with Crippen LogP contribution in [-0.2, 0) is 4.79 Å². The smallest absolute Gasteiger partial charge is 0.346 e. The number of hydrogen-bond donors (Lipinski definition) is 1. The van der Waals surface area contributed by atoms with Crippen molar-refractivity contribution in [3.05, 3.63) is 76.2 Å². The zero-order valence-electron chi connectivity index (χ0n) is 17.3. The predicted molar refractivity (Wildman–Crippen MR) is 120 cm³/mol. The van der Waals surface area contributed by atoms with Crippen molar-refractivity contribution in [2.24, 2.45) is 0 Å². The van der Waals surface area contributed by atoms with E-state index >= 15 is 0 Å². The number of nitrogens with zero attached hydrogens (tertiary/aromatic N) is 1. The first-order chi connectivity index (χ1) is 15.0. The molecule has 0 aliphatic heterocycles. The molecule has 2 heterocycles. The third-order valence-corrected chi connectivity index (χ3v) is 4.85. The third-order valence-electron chi connectivity index (χ3n) is 4.85. The lowest BCUT2D eigenvalue weighted by Gasteiger charge is -2.08. The number of carbonyl (C=O) groups is 1. The summed E-state index contributed by atoms with van der Waals surface area (Å²) in [4.78, 5) is 29.4. The molecule has 0 radical (unpaired) electrons. The van der Waals surface area contributed by atoms with Crippen LogP contribution < -0.4 is 20.4 Å². The van der Waals surface area contributed by atoms with E-state index in [1.165, 1.54) is 6.08 Å². The number of aromatic nitrogens is 1. The van der Waals surface area contributed by atoms with Gasteiger partial charge in [0, 0.05) is 11.5 Å². The van der Waals surface area contributed by atoms with Crippen LogP contribution in [0.3, 0.4) is 0 Å². The molecule has 0 spiro atoms. The molecular formula is C24H20N2O5. The SMILES string of the molecule is COc1ccc(/C=C\C(=O)Nc2cc(C)c3c(=O)oc4ccccc4c3n2)cc1OC. The van der Waals surface area contributed by atoms with Gasteiger partial charge in [0.25, 0.3) is 0 Å². The van der Waals surface area contributed by atoms with E-state index in [0.717, 1.165) is 5.56 Å². The van der Waals surface area contributed by atoms with Gasteiger partial charge in [-0.15, -0.1) is 0 Å². The Morgan fingerprint density at radius 3 is 2.61 bits per heavy atom. The highest BCUT2D eigenvalue weighted by Gasteiger charge is 2.13. The Hall–Kier alpha value is -4.13. The van der Waals surface area contributed by atoms with E-state index in [-0.39, 0.29) is 5.91 Å². The number of benzene rings is 2. The maximum atomic E-state index is 12.5. The number of hydrogen-bond acceptors (Lipinski definition) is 6. The summed E-state index contributed by atoms with van der Waals surface area (Å²) in [5.41, 5.74) is 1.93. The number of ether oxygens (including phenoxy) is 2. The molecule has 1 N–H and O–H groups in total. The fourth-order valence-electron chi connectivity index (χ4n) is 3.39. The van der Waals surface area contributed by atoms with Crippen molar-refractivity contribution >= 4 is 39.7 Å². The topological polar surface area (TPSA) is 90.7 Å². The molecule has 1 amide bonds. The Balaban J connectivity index is 1.64. The van der Waals surface area contributed by atoms with Crippen molar-refractivity contribution in [1.29, 1.82) is 0 Å². The summed E-state index contributed by atoms with van der Waals surface area (Å²) in [6, 6.07) is 14.2. The van der Waals surface area contributed by atoms with Crippen LogP contribution in [0.5, 0.6) is 11.5 Å². The zero-order chi connectivity index (χ0) is 22.0. The molecule has 0 saturated carbocycles. The summed E-state index contributed by atoms with van der Waals surface area (Å²) in [5.74, 6) is 1.18. The van der Waals surface area contributed by atoms with Crippen molar-refractivity contribution in [2.75, 3.05) is 19.5 Å². The number of anilines is 1. The Morgan fingerprint density at radius 1 is 1.06 bits per heavy atom. The van der Waals surface area contributed by atoms with Crippen LogP contribution in [0.4, 0.5) is 5.82 Å². The first-order valence-corrected chi connectivity index (χ1v) is 9.54. The van der Waals surface area contributed by atoms with Crippen LogP contribution in [0.2, 0.25) is 0 Å². The van der Waals surface area contributed by atoms with Gasteiger partial charge in [-0.2, -0.15) is 0 Å². The van der Waals surface area contributed by atoms with Crippen molar-refractivity contribution in [1.82, 2.24) is 4.98 Å². The molecule has 0 unspecified atom stereocenters. The molecule has 4 rings (SSSR count). The summed E-state index contributed by atoms with van der Waals surface area (Å²) < 4.78 is 15.9. The van der Waals surface area contributed by atoms with Gasteiger partial charge in [-0.1, -0.05) is 18.2 Å². The summed E-state index contributed by atoms with van der Waals surface area (Å²) in [6.45, 7) is 1.78. The molecule has 7 heteroatoms. The summed E-state index contributed by atoms with van der Waals surface area (Å²) in [5, 5.41) is 3.86. The Labute approximate surface area is 177 Å². The van der Waals surface area contributed by atoms with E-state index in [1.807, 2.05) is 18.2 Å². The fourth-order valence-corrected chi connectivity index (χ4v) is 3.39. The first-order valence-electron chi connectivity index (χ1n) is 9.54. The number of pyridine rings is 1. The highest BCUT2D eigenvalue weighted by molar-refractivity contribution is 6.05. The van der Waals surface area contributed by atoms with Crippen LogP contribution in [-0.4, -0.2) is 25.1 Å². The van der Waals surface area contributed by atoms with Crippen LogP contribution in [0, 0.1) is 6.92 Å². The van der Waals surface area contributed by atoms with Crippen molar-refractivity contribution in [3.63, 3.8) is 0 Å². The third kappa shape index (κ3) is 3.98. The molecule has 0 aliphatic rings. The first kappa shape index (κ1) is 20.2. The minimum atomic E-state index is -0.454. The molecule has 0 fully saturated rings. The average molecular weight is 416 g/mol. The molecule has 2 aromatic carbocycles. The van der Waals surface area contributed by atoms with Crippen LogP contribution >= 0.6 is 0 Å². The van der Waals surface area contributed by atoms with Crippen LogP contribution in [0.15, 0.2) is 63.8 Å². The van der Waals surface area contributed by atoms with Gasteiger partial charge < -0.3 is 19.2 Å². The molecule has 0 atom stereocenters. The maximum absolute atomic E-state index is 12.5. The number of methoxy groups -OCH3 is 2. The Morgan fingerprint density at radius 2 is 1.84 bits per heavy atom. The summed E-state index contributed by atoms with van der Waals surface area (Å²) in [6.07, 6.45) is 3.06. The van der Waals surface area contributed by atoms with E-state index in [2.05, 4.69) is 10.3 Å². The number of para-hydroxylation sites is 1. The van der Waals surface area contributed by atoms with Gasteiger partial charge in [0.1, 0.15) is 11.4 Å². The predicted octanol–water partition coefficient (Wildman–Crippen LogP) is 4.32. The second-order valence-electron chi connectivity index (χ2n) is 6.87. The fraction of sp³-hybridized carbons (Fsp3) is 0.125. The number of nitrogens with one attached hydrogen (secondary N) is 1. The van der Waals surface area contributed by atoms with Crippen LogP contribution in [0.1, 0.15) is 11.1 Å². The Bertz CT molecular complexity index is 1390. The minimum Gasteiger partial charge on any atom is -0.493 e. The lowest BCUT2D eigenvalue weighted by molar-refractivity contribution is -0.111. The van der Waals surface area contributed by atoms with Crippen molar-refractivity contribution in [3.8, 4) is 11.5 Å². The van der Waals surface area contributed by atoms with Gasteiger partial charge in [-0.05, 0) is 54.5 Å². The van der Waals surface area contributed by atoms with Crippen molar-refractivity contribution < 1.29 is 18.7 Å². The van der Waals surface area contributed by atoms with Gasteiger partial charge in [0.2, 0.25) is 5.91 Å². The average Bonchev–Trinajstić information content (AvgIpc) is 2.77. The molecule has 2 aromatic heterocycles. The van der Waals surface area contributed by atoms with Gasteiger partial charge in [0.15, 0.2) is 11.5 Å². The molecule has 156 valence electrons. The maximum Gasteiger partial charge on any atom is 0.346 e. The number of fused-ring (bicyclic) bond motifs is 3. The number of carbonyl (C=O) groups excluding carboxylic acids is 1.